The van der Waals surface area contributed by atoms with Gasteiger partial charge in [-0.05, 0) is 38.0 Å². The lowest BCUT2D eigenvalue weighted by molar-refractivity contribution is -0.143. The van der Waals surface area contributed by atoms with Crippen LogP contribution in [0, 0.1) is 11.8 Å². The van der Waals surface area contributed by atoms with Crippen molar-refractivity contribution in [3.8, 4) is 0 Å². The molecule has 0 aliphatic heterocycles. The molecule has 0 heterocycles. The molecule has 3 nitrogen and oxygen atoms in total. The molecule has 0 radical (unpaired) electrons. The van der Waals surface area contributed by atoms with Crippen molar-refractivity contribution < 1.29 is 9.90 Å². The van der Waals surface area contributed by atoms with Crippen molar-refractivity contribution in [3.63, 3.8) is 0 Å². The quantitative estimate of drug-likeness (QED) is 0.728. The van der Waals surface area contributed by atoms with Crippen LogP contribution in [0.3, 0.4) is 0 Å². The molecule has 0 aromatic rings. The van der Waals surface area contributed by atoms with E-state index in [2.05, 4.69) is 6.92 Å². The maximum absolute atomic E-state index is 10.7. The molecule has 1 atom stereocenters. The van der Waals surface area contributed by atoms with E-state index in [9.17, 15) is 4.79 Å². The molecule has 3 N–H and O–H groups in total. The Labute approximate surface area is 85.7 Å². The van der Waals surface area contributed by atoms with E-state index in [0.717, 1.165) is 38.5 Å². The summed E-state index contributed by atoms with van der Waals surface area (Å²) in [5.74, 6) is -0.182. The van der Waals surface area contributed by atoms with Gasteiger partial charge in [0.05, 0.1) is 5.92 Å². The summed E-state index contributed by atoms with van der Waals surface area (Å²) < 4.78 is 0. The van der Waals surface area contributed by atoms with Gasteiger partial charge in [-0.3, -0.25) is 4.79 Å². The van der Waals surface area contributed by atoms with Gasteiger partial charge in [0.1, 0.15) is 0 Å². The molecule has 0 spiro atoms. The molecular formula is C11H21NO2. The van der Waals surface area contributed by atoms with Gasteiger partial charge in [-0.25, -0.2) is 0 Å². The molecule has 82 valence electrons. The molecule has 1 aliphatic rings. The van der Waals surface area contributed by atoms with E-state index < -0.39 is 5.97 Å². The van der Waals surface area contributed by atoms with Crippen LogP contribution in [0.15, 0.2) is 0 Å². The first kappa shape index (κ1) is 11.5. The van der Waals surface area contributed by atoms with Gasteiger partial charge in [-0.2, -0.15) is 0 Å². The topological polar surface area (TPSA) is 63.3 Å². The Kier molecular flexibility index (Phi) is 4.39. The highest BCUT2D eigenvalue weighted by Crippen LogP contribution is 2.31. The van der Waals surface area contributed by atoms with Crippen LogP contribution in [-0.4, -0.2) is 17.1 Å². The Balaban J connectivity index is 2.31. The molecule has 0 bridgehead atoms. The predicted octanol–water partition coefficient (Wildman–Crippen LogP) is 2.00. The van der Waals surface area contributed by atoms with E-state index in [1.807, 2.05) is 0 Å². The number of aliphatic carboxylic acids is 1. The highest BCUT2D eigenvalue weighted by Gasteiger charge is 2.28. The molecule has 1 aliphatic carbocycles. The number of rotatable bonds is 4. The molecule has 3 heteroatoms. The summed E-state index contributed by atoms with van der Waals surface area (Å²) in [5.41, 5.74) is 6.03. The SMILES string of the molecule is CCCC(N)C1CCC(C(=O)O)CC1. The van der Waals surface area contributed by atoms with Crippen molar-refractivity contribution in [1.82, 2.24) is 0 Å². The maximum Gasteiger partial charge on any atom is 0.306 e. The zero-order valence-electron chi connectivity index (χ0n) is 8.91. The minimum absolute atomic E-state index is 0.111. The van der Waals surface area contributed by atoms with Crippen LogP contribution in [0.25, 0.3) is 0 Å². The average Bonchev–Trinajstić information content (AvgIpc) is 2.18. The normalized spacial score (nSPS) is 29.9. The van der Waals surface area contributed by atoms with Gasteiger partial charge in [-0.15, -0.1) is 0 Å². The van der Waals surface area contributed by atoms with E-state index in [1.54, 1.807) is 0 Å². The Bertz CT molecular complexity index is 186. The monoisotopic (exact) mass is 199 g/mol. The Morgan fingerprint density at radius 1 is 1.43 bits per heavy atom. The lowest BCUT2D eigenvalue weighted by Crippen LogP contribution is -2.34. The van der Waals surface area contributed by atoms with Crippen molar-refractivity contribution in [1.29, 1.82) is 0 Å². The highest BCUT2D eigenvalue weighted by atomic mass is 16.4. The van der Waals surface area contributed by atoms with Gasteiger partial charge in [-0.1, -0.05) is 13.3 Å². The minimum atomic E-state index is -0.632. The molecule has 0 aromatic carbocycles. The van der Waals surface area contributed by atoms with Gasteiger partial charge >= 0.3 is 5.97 Å². The van der Waals surface area contributed by atoms with Gasteiger partial charge in [0, 0.05) is 6.04 Å². The summed E-state index contributed by atoms with van der Waals surface area (Å²) in [6.07, 6.45) is 5.83. The summed E-state index contributed by atoms with van der Waals surface area (Å²) in [4.78, 5) is 10.7. The first-order valence-corrected chi connectivity index (χ1v) is 5.63. The van der Waals surface area contributed by atoms with E-state index in [1.165, 1.54) is 0 Å². The number of carboxylic acid groups (broad SMARTS) is 1. The fraction of sp³-hybridized carbons (Fsp3) is 0.909. The predicted molar refractivity (Wildman–Crippen MR) is 56.0 cm³/mol. The summed E-state index contributed by atoms with van der Waals surface area (Å²) >= 11 is 0. The number of hydrogen-bond acceptors (Lipinski definition) is 2. The van der Waals surface area contributed by atoms with Crippen LogP contribution >= 0.6 is 0 Å². The average molecular weight is 199 g/mol. The van der Waals surface area contributed by atoms with Crippen molar-refractivity contribution in [2.24, 2.45) is 17.6 Å². The van der Waals surface area contributed by atoms with E-state index in [0.29, 0.717) is 5.92 Å². The zero-order valence-corrected chi connectivity index (χ0v) is 8.91. The van der Waals surface area contributed by atoms with Crippen molar-refractivity contribution >= 4 is 5.97 Å². The number of hydrogen-bond donors (Lipinski definition) is 2. The summed E-state index contributed by atoms with van der Waals surface area (Å²) in [6.45, 7) is 2.14. The molecule has 1 rings (SSSR count). The minimum Gasteiger partial charge on any atom is -0.481 e. The third-order valence-electron chi connectivity index (χ3n) is 3.35. The van der Waals surface area contributed by atoms with Gasteiger partial charge in [0.25, 0.3) is 0 Å². The first-order chi connectivity index (χ1) is 6.65. The smallest absolute Gasteiger partial charge is 0.306 e. The van der Waals surface area contributed by atoms with Crippen LogP contribution in [-0.2, 0) is 4.79 Å². The van der Waals surface area contributed by atoms with Crippen molar-refractivity contribution in [2.45, 2.75) is 51.5 Å². The molecular weight excluding hydrogens is 178 g/mol. The molecule has 1 saturated carbocycles. The van der Waals surface area contributed by atoms with Crippen molar-refractivity contribution in [2.75, 3.05) is 0 Å². The van der Waals surface area contributed by atoms with Crippen LogP contribution in [0.1, 0.15) is 45.4 Å². The molecule has 0 amide bonds. The second-order valence-electron chi connectivity index (χ2n) is 4.40. The summed E-state index contributed by atoms with van der Waals surface area (Å²) in [7, 11) is 0. The second-order valence-corrected chi connectivity index (χ2v) is 4.40. The van der Waals surface area contributed by atoms with Crippen LogP contribution in [0.2, 0.25) is 0 Å². The van der Waals surface area contributed by atoms with E-state index in [-0.39, 0.29) is 12.0 Å². The standard InChI is InChI=1S/C11H21NO2/c1-2-3-10(12)8-4-6-9(7-5-8)11(13)14/h8-10H,2-7,12H2,1H3,(H,13,14). The summed E-state index contributed by atoms with van der Waals surface area (Å²) in [5, 5.41) is 8.84. The van der Waals surface area contributed by atoms with Crippen LogP contribution in [0.5, 0.6) is 0 Å². The largest absolute Gasteiger partial charge is 0.481 e. The molecule has 0 aromatic heterocycles. The number of nitrogens with two attached hydrogens (primary N) is 1. The molecule has 1 unspecified atom stereocenters. The lowest BCUT2D eigenvalue weighted by atomic mass is 9.78. The third-order valence-corrected chi connectivity index (χ3v) is 3.35. The molecule has 14 heavy (non-hydrogen) atoms. The fourth-order valence-electron chi connectivity index (χ4n) is 2.36. The second kappa shape index (κ2) is 5.35. The fourth-order valence-corrected chi connectivity index (χ4v) is 2.36. The molecule has 0 saturated heterocycles. The lowest BCUT2D eigenvalue weighted by Gasteiger charge is -2.30. The van der Waals surface area contributed by atoms with Gasteiger partial charge < -0.3 is 10.8 Å². The van der Waals surface area contributed by atoms with Gasteiger partial charge in [0.15, 0.2) is 0 Å². The Hall–Kier alpha value is -0.570. The van der Waals surface area contributed by atoms with E-state index >= 15 is 0 Å². The summed E-state index contributed by atoms with van der Waals surface area (Å²) in [6, 6.07) is 0.287. The van der Waals surface area contributed by atoms with Crippen molar-refractivity contribution in [3.05, 3.63) is 0 Å². The van der Waals surface area contributed by atoms with E-state index in [4.69, 9.17) is 10.8 Å². The third kappa shape index (κ3) is 2.98. The first-order valence-electron chi connectivity index (χ1n) is 5.63. The number of carbonyl (C=O) groups is 1. The highest BCUT2D eigenvalue weighted by molar-refractivity contribution is 5.69. The van der Waals surface area contributed by atoms with Crippen LogP contribution in [0.4, 0.5) is 0 Å². The number of carboxylic acids is 1. The van der Waals surface area contributed by atoms with Gasteiger partial charge in [0.2, 0.25) is 0 Å². The maximum atomic E-state index is 10.7. The Morgan fingerprint density at radius 2 is 2.00 bits per heavy atom. The van der Waals surface area contributed by atoms with Crippen LogP contribution < -0.4 is 5.73 Å². The Morgan fingerprint density at radius 3 is 2.43 bits per heavy atom. The zero-order chi connectivity index (χ0) is 10.6. The molecule has 1 fully saturated rings.